The minimum Gasteiger partial charge on any atom is -0.480 e. The van der Waals surface area contributed by atoms with Crippen LogP contribution in [0, 0.1) is 0 Å². The molecule has 0 aliphatic carbocycles. The molecule has 2 saturated heterocycles. The van der Waals surface area contributed by atoms with Crippen molar-refractivity contribution < 1.29 is 14.7 Å². The Labute approximate surface area is 82.3 Å². The summed E-state index contributed by atoms with van der Waals surface area (Å²) in [4.78, 5) is 25.7. The van der Waals surface area contributed by atoms with E-state index in [9.17, 15) is 9.59 Å². The average Bonchev–Trinajstić information content (AvgIpc) is 2.41. The molecule has 2 unspecified atom stereocenters. The molecule has 0 aromatic rings. The van der Waals surface area contributed by atoms with E-state index >= 15 is 0 Å². The summed E-state index contributed by atoms with van der Waals surface area (Å²) in [6.45, 7) is 0.706. The molecule has 1 N–H and O–H groups in total. The number of carboxylic acid groups (broad SMARTS) is 1. The van der Waals surface area contributed by atoms with Gasteiger partial charge in [-0.2, -0.15) is 0 Å². The van der Waals surface area contributed by atoms with E-state index in [0.29, 0.717) is 6.54 Å². The lowest BCUT2D eigenvalue weighted by atomic mass is 9.98. The van der Waals surface area contributed by atoms with Crippen LogP contribution in [-0.4, -0.2) is 52.6 Å². The molecule has 2 rings (SSSR count). The first-order valence-corrected chi connectivity index (χ1v) is 4.89. The molecule has 0 saturated carbocycles. The van der Waals surface area contributed by atoms with Crippen LogP contribution in [0.15, 0.2) is 0 Å². The standard InChI is InChI=1S/C9H14N2O3/c1-10-7(8(12)13)6-4-2-3-5-11(6)9(10)14/h6-7H,2-5H2,1H3,(H,12,13). The summed E-state index contributed by atoms with van der Waals surface area (Å²) < 4.78 is 0. The van der Waals surface area contributed by atoms with Crippen LogP contribution in [-0.2, 0) is 4.79 Å². The number of piperidine rings is 1. The zero-order valence-corrected chi connectivity index (χ0v) is 8.14. The van der Waals surface area contributed by atoms with Crippen molar-refractivity contribution >= 4 is 12.0 Å². The second-order valence-corrected chi connectivity index (χ2v) is 3.93. The summed E-state index contributed by atoms with van der Waals surface area (Å²) in [5.41, 5.74) is 0. The highest BCUT2D eigenvalue weighted by Gasteiger charge is 2.48. The third kappa shape index (κ3) is 1.15. The van der Waals surface area contributed by atoms with E-state index in [1.165, 1.54) is 4.90 Å². The van der Waals surface area contributed by atoms with Crippen LogP contribution in [0.25, 0.3) is 0 Å². The Hall–Kier alpha value is -1.26. The van der Waals surface area contributed by atoms with Gasteiger partial charge in [-0.1, -0.05) is 0 Å². The second-order valence-electron chi connectivity index (χ2n) is 3.93. The number of nitrogens with zero attached hydrogens (tertiary/aromatic N) is 2. The minimum absolute atomic E-state index is 0.112. The van der Waals surface area contributed by atoms with Crippen molar-refractivity contribution in [3.05, 3.63) is 0 Å². The van der Waals surface area contributed by atoms with Gasteiger partial charge in [-0.3, -0.25) is 0 Å². The smallest absolute Gasteiger partial charge is 0.328 e. The van der Waals surface area contributed by atoms with Gasteiger partial charge >= 0.3 is 12.0 Å². The Morgan fingerprint density at radius 1 is 1.50 bits per heavy atom. The number of rotatable bonds is 1. The van der Waals surface area contributed by atoms with Crippen molar-refractivity contribution in [3.8, 4) is 0 Å². The highest BCUT2D eigenvalue weighted by Crippen LogP contribution is 2.29. The molecule has 0 radical (unpaired) electrons. The van der Waals surface area contributed by atoms with E-state index in [-0.39, 0.29) is 12.1 Å². The van der Waals surface area contributed by atoms with Crippen molar-refractivity contribution in [2.75, 3.05) is 13.6 Å². The zero-order valence-electron chi connectivity index (χ0n) is 8.14. The third-order valence-corrected chi connectivity index (χ3v) is 3.13. The van der Waals surface area contributed by atoms with E-state index in [4.69, 9.17) is 5.11 Å². The number of carboxylic acids is 1. The first-order valence-electron chi connectivity index (χ1n) is 4.89. The molecule has 2 aliphatic heterocycles. The highest BCUT2D eigenvalue weighted by atomic mass is 16.4. The van der Waals surface area contributed by atoms with E-state index < -0.39 is 12.0 Å². The molecule has 14 heavy (non-hydrogen) atoms. The molecule has 0 aromatic carbocycles. The fourth-order valence-corrected chi connectivity index (χ4v) is 2.43. The summed E-state index contributed by atoms with van der Waals surface area (Å²) >= 11 is 0. The molecular formula is C9H14N2O3. The van der Waals surface area contributed by atoms with Gasteiger partial charge in [-0.25, -0.2) is 9.59 Å². The van der Waals surface area contributed by atoms with Gasteiger partial charge in [-0.05, 0) is 19.3 Å². The number of amides is 2. The lowest BCUT2D eigenvalue weighted by Crippen LogP contribution is -2.44. The maximum atomic E-state index is 11.6. The molecular weight excluding hydrogens is 184 g/mol. The number of fused-ring (bicyclic) bond motifs is 1. The maximum Gasteiger partial charge on any atom is 0.328 e. The Kier molecular flexibility index (Phi) is 2.09. The lowest BCUT2D eigenvalue weighted by Gasteiger charge is -2.29. The van der Waals surface area contributed by atoms with Gasteiger partial charge < -0.3 is 14.9 Å². The number of likely N-dealkylation sites (N-methyl/N-ethyl adjacent to an activating group) is 1. The fourth-order valence-electron chi connectivity index (χ4n) is 2.43. The number of carbonyl (C=O) groups excluding carboxylic acids is 1. The van der Waals surface area contributed by atoms with Crippen molar-refractivity contribution in [3.63, 3.8) is 0 Å². The van der Waals surface area contributed by atoms with Crippen molar-refractivity contribution in [1.82, 2.24) is 9.80 Å². The van der Waals surface area contributed by atoms with Crippen molar-refractivity contribution in [2.24, 2.45) is 0 Å². The lowest BCUT2D eigenvalue weighted by molar-refractivity contribution is -0.142. The van der Waals surface area contributed by atoms with Gasteiger partial charge in [0.2, 0.25) is 0 Å². The molecule has 2 heterocycles. The maximum absolute atomic E-state index is 11.6. The van der Waals surface area contributed by atoms with Gasteiger partial charge in [0.15, 0.2) is 6.04 Å². The molecule has 5 nitrogen and oxygen atoms in total. The normalized spacial score (nSPS) is 31.9. The first-order chi connectivity index (χ1) is 6.63. The van der Waals surface area contributed by atoms with Crippen molar-refractivity contribution in [2.45, 2.75) is 31.3 Å². The van der Waals surface area contributed by atoms with Gasteiger partial charge in [0, 0.05) is 13.6 Å². The van der Waals surface area contributed by atoms with Crippen LogP contribution in [0.5, 0.6) is 0 Å². The topological polar surface area (TPSA) is 60.9 Å². The number of hydrogen-bond acceptors (Lipinski definition) is 2. The Balaban J connectivity index is 2.26. The van der Waals surface area contributed by atoms with E-state index in [1.807, 2.05) is 0 Å². The summed E-state index contributed by atoms with van der Waals surface area (Å²) in [6.07, 6.45) is 2.82. The molecule has 2 fully saturated rings. The van der Waals surface area contributed by atoms with Gasteiger partial charge in [0.25, 0.3) is 0 Å². The Morgan fingerprint density at radius 2 is 2.21 bits per heavy atom. The first kappa shape index (κ1) is 9.30. The molecule has 5 heteroatoms. The predicted molar refractivity (Wildman–Crippen MR) is 48.9 cm³/mol. The van der Waals surface area contributed by atoms with Crippen LogP contribution in [0.3, 0.4) is 0 Å². The second kappa shape index (κ2) is 3.15. The van der Waals surface area contributed by atoms with E-state index in [1.54, 1.807) is 11.9 Å². The molecule has 0 spiro atoms. The van der Waals surface area contributed by atoms with Gasteiger partial charge in [0.1, 0.15) is 0 Å². The van der Waals surface area contributed by atoms with Crippen molar-refractivity contribution in [1.29, 1.82) is 0 Å². The molecule has 0 bridgehead atoms. The Morgan fingerprint density at radius 3 is 2.86 bits per heavy atom. The van der Waals surface area contributed by atoms with Gasteiger partial charge in [-0.15, -0.1) is 0 Å². The Bertz CT molecular complexity index is 279. The summed E-state index contributed by atoms with van der Waals surface area (Å²) in [5, 5.41) is 9.02. The quantitative estimate of drug-likeness (QED) is 0.661. The number of aliphatic carboxylic acids is 1. The summed E-state index contributed by atoms with van der Waals surface area (Å²) in [6, 6.07) is -0.899. The number of carbonyl (C=O) groups is 2. The monoisotopic (exact) mass is 198 g/mol. The van der Waals surface area contributed by atoms with Crippen LogP contribution < -0.4 is 0 Å². The van der Waals surface area contributed by atoms with Crippen LogP contribution in [0.2, 0.25) is 0 Å². The highest BCUT2D eigenvalue weighted by molar-refractivity contribution is 5.87. The summed E-state index contributed by atoms with van der Waals surface area (Å²) in [7, 11) is 1.57. The fraction of sp³-hybridized carbons (Fsp3) is 0.778. The zero-order chi connectivity index (χ0) is 10.3. The molecule has 2 aliphatic rings. The minimum atomic E-state index is -0.893. The average molecular weight is 198 g/mol. The molecule has 2 atom stereocenters. The van der Waals surface area contributed by atoms with Crippen LogP contribution >= 0.6 is 0 Å². The van der Waals surface area contributed by atoms with Crippen LogP contribution in [0.4, 0.5) is 4.79 Å². The molecule has 0 aromatic heterocycles. The number of hydrogen-bond donors (Lipinski definition) is 1. The van der Waals surface area contributed by atoms with Crippen LogP contribution in [0.1, 0.15) is 19.3 Å². The SMILES string of the molecule is CN1C(=O)N2CCCCC2C1C(=O)O. The molecule has 78 valence electrons. The van der Waals surface area contributed by atoms with E-state index in [0.717, 1.165) is 19.3 Å². The third-order valence-electron chi connectivity index (χ3n) is 3.13. The molecule has 2 amide bonds. The number of urea groups is 1. The predicted octanol–water partition coefficient (Wildman–Crippen LogP) is 0.359. The van der Waals surface area contributed by atoms with Gasteiger partial charge in [0.05, 0.1) is 6.04 Å². The summed E-state index contributed by atoms with van der Waals surface area (Å²) in [5.74, 6) is -0.893. The van der Waals surface area contributed by atoms with E-state index in [2.05, 4.69) is 0 Å². The largest absolute Gasteiger partial charge is 0.480 e.